The zero-order valence-electron chi connectivity index (χ0n) is 8.79. The van der Waals surface area contributed by atoms with Crippen LogP contribution in [0.3, 0.4) is 0 Å². The minimum atomic E-state index is -2.19. The van der Waals surface area contributed by atoms with Gasteiger partial charge >= 0.3 is 48.9 Å². The Balaban J connectivity index is -0.00000000577. The molecule has 12 nitrogen and oxygen atoms in total. The van der Waals surface area contributed by atoms with E-state index in [1.807, 2.05) is 0 Å². The van der Waals surface area contributed by atoms with Crippen LogP contribution in [-0.2, 0) is 28.8 Å². The molecule has 0 saturated carbocycles. The second-order valence-corrected chi connectivity index (χ2v) is 1.72. The van der Waals surface area contributed by atoms with Crippen molar-refractivity contribution in [3.8, 4) is 0 Å². The smallest absolute Gasteiger partial charge is 0.543 e. The van der Waals surface area contributed by atoms with E-state index in [1.54, 1.807) is 0 Å². The Hall–Kier alpha value is -1.54. The van der Waals surface area contributed by atoms with Crippen molar-refractivity contribution in [3.05, 3.63) is 0 Å². The van der Waals surface area contributed by atoms with Gasteiger partial charge in [0.2, 0.25) is 0 Å². The molecule has 0 heterocycles. The average Bonchev–Trinajstić information content (AvgIpc) is 2.18. The van der Waals surface area contributed by atoms with E-state index >= 15 is 0 Å². The van der Waals surface area contributed by atoms with Crippen LogP contribution in [0.4, 0.5) is 0 Å². The van der Waals surface area contributed by atoms with E-state index in [-0.39, 0.29) is 66.0 Å². The summed E-state index contributed by atoms with van der Waals surface area (Å²) in [5.41, 5.74) is 0. The molecule has 0 aromatic carbocycles. The summed E-state index contributed by atoms with van der Waals surface area (Å²) < 4.78 is 0. The molecule has 0 atom stereocenters. The summed E-state index contributed by atoms with van der Waals surface area (Å²) in [6.45, 7) is 0. The summed E-state index contributed by atoms with van der Waals surface area (Å²) in [6, 6.07) is 0. The predicted molar refractivity (Wildman–Crippen MR) is 66.9 cm³/mol. The fourth-order valence-electron chi connectivity index (χ4n) is 0. The molecule has 0 N–H and O–H groups in total. The fraction of sp³-hybridized carbons (Fsp3) is 0. The van der Waals surface area contributed by atoms with Crippen molar-refractivity contribution < 1.29 is 76.5 Å². The molecule has 0 rings (SSSR count). The monoisotopic (exact) mass is 530 g/mol. The van der Waals surface area contributed by atoms with Crippen LogP contribution in [0.15, 0.2) is 0 Å². The molecular weight excluding hydrogens is 508 g/mol. The van der Waals surface area contributed by atoms with E-state index in [0.29, 0.717) is 0 Å². The molecule has 0 amide bonds. The van der Waals surface area contributed by atoms with Gasteiger partial charge < -0.3 is 59.4 Å². The van der Waals surface area contributed by atoms with E-state index in [2.05, 4.69) is 0 Å². The van der Waals surface area contributed by atoms with Crippen molar-refractivity contribution in [3.63, 3.8) is 0 Å². The van der Waals surface area contributed by atoms with Gasteiger partial charge in [-0.1, -0.05) is 0 Å². The molecule has 0 aliphatic heterocycles. The third-order valence-corrected chi connectivity index (χ3v) is 0.500. The van der Waals surface area contributed by atoms with Crippen LogP contribution in [0.2, 0.25) is 0 Å². The molecule has 0 bridgehead atoms. The van der Waals surface area contributed by atoms with Crippen LogP contribution in [0, 0.1) is 0 Å². The molecule has 0 fully saturated rings. The van der Waals surface area contributed by atoms with Gasteiger partial charge in [-0.05, 0) is 0 Å². The van der Waals surface area contributed by atoms with Crippen molar-refractivity contribution in [2.24, 2.45) is 0 Å². The molecule has 0 aromatic rings. The number of carbonyl (C=O) groups excluding carboxylic acids is 6. The topological polar surface area (TPSA) is 241 Å². The van der Waals surface area contributed by atoms with Gasteiger partial charge in [0, 0.05) is 17.1 Å². The van der Waals surface area contributed by atoms with Crippen molar-refractivity contribution >= 4 is 84.7 Å². The second kappa shape index (κ2) is 17.5. The van der Waals surface area contributed by atoms with Crippen molar-refractivity contribution in [2.75, 3.05) is 0 Å². The molecule has 0 saturated heterocycles. The van der Waals surface area contributed by atoms with Gasteiger partial charge in [-0.25, -0.2) is 0 Å². The fourth-order valence-corrected chi connectivity index (χ4v) is 0. The summed E-state index contributed by atoms with van der Waals surface area (Å²) >= 11 is 0. The maximum atomic E-state index is 8.93. The first kappa shape index (κ1) is 31.1. The van der Waals surface area contributed by atoms with Gasteiger partial charge in [0.1, 0.15) is 0 Å². The minimum Gasteiger partial charge on any atom is -0.543 e. The van der Waals surface area contributed by atoms with Crippen LogP contribution in [-0.4, -0.2) is 84.7 Å². The Morgan fingerprint density at radius 1 is 0.400 bits per heavy atom. The summed E-state index contributed by atoms with van der Waals surface area (Å²) in [5, 5.41) is 53.6. The van der Waals surface area contributed by atoms with Gasteiger partial charge in [-0.15, -0.1) is 0 Å². The van der Waals surface area contributed by atoms with E-state index in [4.69, 9.17) is 59.4 Å². The molecular formula is C6H24O12Sb2. The Kier molecular flexibility index (Phi) is 27.1. The molecule has 0 unspecified atom stereocenters. The summed E-state index contributed by atoms with van der Waals surface area (Å²) in [5.74, 6) is -13.1. The first-order valence-corrected chi connectivity index (χ1v) is 3.20. The Labute approximate surface area is 161 Å². The summed E-state index contributed by atoms with van der Waals surface area (Å²) in [6.07, 6.45) is 0. The van der Waals surface area contributed by atoms with Crippen LogP contribution >= 0.6 is 0 Å². The Morgan fingerprint density at radius 2 is 0.450 bits per heavy atom. The van der Waals surface area contributed by atoms with E-state index in [0.717, 1.165) is 0 Å². The number of rotatable bonds is 0. The first-order valence-electron chi connectivity index (χ1n) is 3.20. The number of carboxylic acid groups (broad SMARTS) is 6. The third kappa shape index (κ3) is 36.0. The van der Waals surface area contributed by atoms with Crippen molar-refractivity contribution in [1.82, 2.24) is 0 Å². The van der Waals surface area contributed by atoms with Crippen LogP contribution in [0.1, 0.15) is 17.1 Å². The maximum absolute atomic E-state index is 8.93. The van der Waals surface area contributed by atoms with Gasteiger partial charge in [0.05, 0.1) is 35.8 Å². The van der Waals surface area contributed by atoms with Crippen LogP contribution in [0.5, 0.6) is 0 Å². The van der Waals surface area contributed by atoms with Gasteiger partial charge in [-0.2, -0.15) is 0 Å². The van der Waals surface area contributed by atoms with E-state index in [1.165, 1.54) is 0 Å². The largest absolute Gasteiger partial charge is 3.00 e. The van der Waals surface area contributed by atoms with E-state index in [9.17, 15) is 0 Å². The Morgan fingerprint density at radius 3 is 0.450 bits per heavy atom. The molecule has 0 aliphatic rings. The molecule has 14 heteroatoms. The average molecular weight is 532 g/mol. The van der Waals surface area contributed by atoms with Gasteiger partial charge in [-0.3, -0.25) is 0 Å². The molecule has 0 spiro atoms. The quantitative estimate of drug-likeness (QED) is 0.209. The van der Waals surface area contributed by atoms with Crippen molar-refractivity contribution in [2.45, 2.75) is 0 Å². The number of carbonyl (C=O) groups is 6. The standard InChI is InChI=1S/3C2H2O4.2Sb.12H2/c3*3-1(4)2(5)6;;;;;;;;;;;;;;/h3*(H,3,4)(H,5,6);;;12*1H/q;;;2*+3;;;;;;;;;;;;/p-6. The normalized spacial score (nSPS) is 6.60. The minimum absolute atomic E-state index is 0. The van der Waals surface area contributed by atoms with Crippen molar-refractivity contribution in [1.29, 1.82) is 0 Å². The third-order valence-electron chi connectivity index (χ3n) is 0.500. The van der Waals surface area contributed by atoms with Crippen LogP contribution < -0.4 is 30.6 Å². The zero-order valence-corrected chi connectivity index (χ0v) is 13.9. The molecule has 0 aromatic heterocycles. The predicted octanol–water partition coefficient (Wildman–Crippen LogP) is -8.35. The number of hydrogen-bond donors (Lipinski definition) is 0. The number of hydrogen-bond acceptors (Lipinski definition) is 12. The molecule has 130 valence electrons. The van der Waals surface area contributed by atoms with E-state index < -0.39 is 35.8 Å². The summed E-state index contributed by atoms with van der Waals surface area (Å²) in [4.78, 5) is 53.6. The summed E-state index contributed by atoms with van der Waals surface area (Å²) in [7, 11) is 0. The van der Waals surface area contributed by atoms with Gasteiger partial charge in [0.25, 0.3) is 0 Å². The maximum Gasteiger partial charge on any atom is 3.00 e. The zero-order chi connectivity index (χ0) is 15.5. The van der Waals surface area contributed by atoms with Gasteiger partial charge in [0.15, 0.2) is 0 Å². The molecule has 20 heavy (non-hydrogen) atoms. The van der Waals surface area contributed by atoms with Crippen LogP contribution in [0.25, 0.3) is 0 Å². The molecule has 0 aliphatic carbocycles. The second-order valence-electron chi connectivity index (χ2n) is 1.72. The first-order chi connectivity index (χ1) is 7.93. The number of carboxylic acids is 6. The number of aliphatic carboxylic acids is 6. The SMILES string of the molecule is O=C([O-])C(=O)[O-].O=C([O-])C(=O)[O-].O=C([O-])C(=O)[O-].[HH].[HH].[HH].[HH].[HH].[HH].[HH].[HH].[HH].[HH].[HH].[HH].[Sb+3].[Sb+3]. The molecule has 4 radical (unpaired) electrons. The Bertz CT molecular complexity index is 312.